The van der Waals surface area contributed by atoms with Gasteiger partial charge in [-0.15, -0.1) is 6.58 Å². The van der Waals surface area contributed by atoms with Crippen molar-refractivity contribution in [1.29, 1.82) is 0 Å². The van der Waals surface area contributed by atoms with E-state index in [9.17, 15) is 18.9 Å². The number of nitro groups is 1. The number of hydrogen-bond acceptors (Lipinski definition) is 4. The maximum absolute atomic E-state index is 13.4. The van der Waals surface area contributed by atoms with Gasteiger partial charge in [-0.1, -0.05) is 6.08 Å². The lowest BCUT2D eigenvalue weighted by Gasteiger charge is -2.08. The highest BCUT2D eigenvalue weighted by Gasteiger charge is 2.16. The minimum absolute atomic E-state index is 0.197. The highest BCUT2D eigenvalue weighted by Crippen LogP contribution is 2.24. The lowest BCUT2D eigenvalue weighted by molar-refractivity contribution is -0.385. The number of benzene rings is 1. The summed E-state index contributed by atoms with van der Waals surface area (Å²) in [4.78, 5) is 9.55. The quantitative estimate of drug-likeness (QED) is 0.342. The fourth-order valence-corrected chi connectivity index (χ4v) is 1.35. The van der Waals surface area contributed by atoms with Crippen molar-refractivity contribution in [1.82, 2.24) is 0 Å². The number of nitro benzene ring substituents is 1. The molecule has 19 heavy (non-hydrogen) atoms. The molecule has 0 amide bonds. The van der Waals surface area contributed by atoms with Gasteiger partial charge in [-0.2, -0.15) is 0 Å². The average molecular weight is 272 g/mol. The standard InChI is InChI=1S/C12H14F2N2O3/c1-2-3-5-19-6-4-15-12-10(13)7-9(16(17)18)8-11(12)14/h2,7-8,15H,1,3-6H2. The van der Waals surface area contributed by atoms with Crippen LogP contribution in [0.1, 0.15) is 6.42 Å². The predicted octanol–water partition coefficient (Wildman–Crippen LogP) is 2.88. The molecule has 1 rings (SSSR count). The fraction of sp³-hybridized carbons (Fsp3) is 0.333. The Kier molecular flexibility index (Phi) is 5.87. The molecule has 0 radical (unpaired) electrons. The normalized spacial score (nSPS) is 10.2. The molecular weight excluding hydrogens is 258 g/mol. The van der Waals surface area contributed by atoms with Crippen LogP contribution in [-0.2, 0) is 4.74 Å². The van der Waals surface area contributed by atoms with Gasteiger partial charge in [0.15, 0.2) is 11.6 Å². The van der Waals surface area contributed by atoms with Crippen LogP contribution in [-0.4, -0.2) is 24.7 Å². The number of halogens is 2. The van der Waals surface area contributed by atoms with Crippen LogP contribution in [0.2, 0.25) is 0 Å². The largest absolute Gasteiger partial charge is 0.379 e. The van der Waals surface area contributed by atoms with Gasteiger partial charge in [0.1, 0.15) is 5.69 Å². The Morgan fingerprint density at radius 1 is 1.37 bits per heavy atom. The van der Waals surface area contributed by atoms with E-state index >= 15 is 0 Å². The highest BCUT2D eigenvalue weighted by atomic mass is 19.1. The van der Waals surface area contributed by atoms with Crippen LogP contribution < -0.4 is 5.32 Å². The van der Waals surface area contributed by atoms with Crippen molar-refractivity contribution in [3.05, 3.63) is 46.5 Å². The van der Waals surface area contributed by atoms with E-state index in [0.717, 1.165) is 0 Å². The summed E-state index contributed by atoms with van der Waals surface area (Å²) in [6.07, 6.45) is 2.39. The second-order valence-corrected chi connectivity index (χ2v) is 3.66. The second-order valence-electron chi connectivity index (χ2n) is 3.66. The van der Waals surface area contributed by atoms with E-state index < -0.39 is 27.9 Å². The van der Waals surface area contributed by atoms with E-state index in [1.54, 1.807) is 6.08 Å². The van der Waals surface area contributed by atoms with Gasteiger partial charge in [0.25, 0.3) is 5.69 Å². The van der Waals surface area contributed by atoms with E-state index in [-0.39, 0.29) is 13.2 Å². The molecule has 104 valence electrons. The minimum atomic E-state index is -1.00. The molecule has 0 fully saturated rings. The number of anilines is 1. The summed E-state index contributed by atoms with van der Waals surface area (Å²) in [7, 11) is 0. The lowest BCUT2D eigenvalue weighted by atomic mass is 10.2. The first-order valence-corrected chi connectivity index (χ1v) is 5.62. The van der Waals surface area contributed by atoms with Gasteiger partial charge in [-0.05, 0) is 6.42 Å². The number of nitrogens with one attached hydrogen (secondary N) is 1. The van der Waals surface area contributed by atoms with E-state index in [1.807, 2.05) is 0 Å². The molecule has 0 aliphatic heterocycles. The van der Waals surface area contributed by atoms with E-state index in [1.165, 1.54) is 0 Å². The molecule has 0 bridgehead atoms. The van der Waals surface area contributed by atoms with Crippen LogP contribution in [0.25, 0.3) is 0 Å². The van der Waals surface area contributed by atoms with Gasteiger partial charge in [0.05, 0.1) is 30.3 Å². The summed E-state index contributed by atoms with van der Waals surface area (Å²) in [5, 5.41) is 12.9. The van der Waals surface area contributed by atoms with Crippen molar-refractivity contribution in [2.24, 2.45) is 0 Å². The van der Waals surface area contributed by atoms with Crippen LogP contribution in [0.4, 0.5) is 20.2 Å². The van der Waals surface area contributed by atoms with Crippen molar-refractivity contribution in [3.63, 3.8) is 0 Å². The Morgan fingerprint density at radius 3 is 2.53 bits per heavy atom. The molecule has 7 heteroatoms. The summed E-state index contributed by atoms with van der Waals surface area (Å²) in [5.74, 6) is -2.00. The molecule has 1 aromatic rings. The number of nitrogens with zero attached hydrogens (tertiary/aromatic N) is 1. The molecule has 0 saturated carbocycles. The molecule has 0 aromatic heterocycles. The Morgan fingerprint density at radius 2 is 2.00 bits per heavy atom. The molecule has 0 heterocycles. The third-order valence-electron chi connectivity index (χ3n) is 2.25. The van der Waals surface area contributed by atoms with Crippen molar-refractivity contribution in [3.8, 4) is 0 Å². The number of hydrogen-bond donors (Lipinski definition) is 1. The molecule has 1 aromatic carbocycles. The first-order valence-electron chi connectivity index (χ1n) is 5.62. The molecule has 0 saturated heterocycles. The van der Waals surface area contributed by atoms with Gasteiger partial charge >= 0.3 is 0 Å². The third kappa shape index (κ3) is 4.63. The van der Waals surface area contributed by atoms with Crippen LogP contribution >= 0.6 is 0 Å². The highest BCUT2D eigenvalue weighted by molar-refractivity contribution is 5.51. The summed E-state index contributed by atoms with van der Waals surface area (Å²) in [5.41, 5.74) is -1.01. The number of ether oxygens (including phenoxy) is 1. The summed E-state index contributed by atoms with van der Waals surface area (Å²) in [6.45, 7) is 4.47. The van der Waals surface area contributed by atoms with Crippen molar-refractivity contribution in [2.45, 2.75) is 6.42 Å². The molecule has 0 aliphatic carbocycles. The molecule has 1 N–H and O–H groups in total. The van der Waals surface area contributed by atoms with Crippen molar-refractivity contribution in [2.75, 3.05) is 25.1 Å². The number of rotatable bonds is 8. The zero-order chi connectivity index (χ0) is 14.3. The summed E-state index contributed by atoms with van der Waals surface area (Å²) < 4.78 is 32.0. The Bertz CT molecular complexity index is 443. The van der Waals surface area contributed by atoms with Gasteiger partial charge in [0, 0.05) is 6.54 Å². The van der Waals surface area contributed by atoms with Crippen LogP contribution in [0.3, 0.4) is 0 Å². The fourth-order valence-electron chi connectivity index (χ4n) is 1.35. The number of non-ortho nitro benzene ring substituents is 1. The monoisotopic (exact) mass is 272 g/mol. The first-order chi connectivity index (χ1) is 9.06. The maximum atomic E-state index is 13.4. The second kappa shape index (κ2) is 7.42. The van der Waals surface area contributed by atoms with E-state index in [0.29, 0.717) is 25.2 Å². The minimum Gasteiger partial charge on any atom is -0.379 e. The molecule has 0 aliphatic rings. The maximum Gasteiger partial charge on any atom is 0.275 e. The van der Waals surface area contributed by atoms with Gasteiger partial charge in [-0.25, -0.2) is 8.78 Å². The predicted molar refractivity (Wildman–Crippen MR) is 67.1 cm³/mol. The van der Waals surface area contributed by atoms with E-state index in [4.69, 9.17) is 4.74 Å². The Balaban J connectivity index is 2.54. The Hall–Kier alpha value is -2.02. The first kappa shape index (κ1) is 15.0. The van der Waals surface area contributed by atoms with Gasteiger partial charge in [0.2, 0.25) is 0 Å². The van der Waals surface area contributed by atoms with Crippen LogP contribution in [0, 0.1) is 21.7 Å². The van der Waals surface area contributed by atoms with Crippen LogP contribution in [0.5, 0.6) is 0 Å². The third-order valence-corrected chi connectivity index (χ3v) is 2.25. The summed E-state index contributed by atoms with van der Waals surface area (Å²) in [6, 6.07) is 1.34. The molecule has 0 atom stereocenters. The Labute approximate surface area is 109 Å². The van der Waals surface area contributed by atoms with Crippen molar-refractivity contribution >= 4 is 11.4 Å². The molecule has 5 nitrogen and oxygen atoms in total. The van der Waals surface area contributed by atoms with E-state index in [2.05, 4.69) is 11.9 Å². The summed E-state index contributed by atoms with van der Waals surface area (Å²) >= 11 is 0. The molecular formula is C12H14F2N2O3. The van der Waals surface area contributed by atoms with Gasteiger partial charge in [-0.3, -0.25) is 10.1 Å². The van der Waals surface area contributed by atoms with Crippen molar-refractivity contribution < 1.29 is 18.4 Å². The smallest absolute Gasteiger partial charge is 0.275 e. The topological polar surface area (TPSA) is 64.4 Å². The zero-order valence-corrected chi connectivity index (χ0v) is 10.2. The van der Waals surface area contributed by atoms with Crippen LogP contribution in [0.15, 0.2) is 24.8 Å². The zero-order valence-electron chi connectivity index (χ0n) is 10.2. The molecule has 0 spiro atoms. The van der Waals surface area contributed by atoms with Gasteiger partial charge < -0.3 is 10.1 Å². The lowest BCUT2D eigenvalue weighted by Crippen LogP contribution is -2.12. The molecule has 0 unspecified atom stereocenters. The average Bonchev–Trinajstić information content (AvgIpc) is 2.35. The SMILES string of the molecule is C=CCCOCCNc1c(F)cc([N+](=O)[O-])cc1F.